The fourth-order valence-electron chi connectivity index (χ4n) is 2.89. The van der Waals surface area contributed by atoms with E-state index in [1.54, 1.807) is 0 Å². The van der Waals surface area contributed by atoms with E-state index in [1.807, 2.05) is 54.3 Å². The van der Waals surface area contributed by atoms with Gasteiger partial charge in [0, 0.05) is 12.2 Å². The Hall–Kier alpha value is -2.27. The molecule has 1 aromatic heterocycles. The molecule has 1 aliphatic rings. The summed E-state index contributed by atoms with van der Waals surface area (Å²) in [5, 5.41) is 0.300. The van der Waals surface area contributed by atoms with Crippen LogP contribution in [-0.4, -0.2) is 22.7 Å². The van der Waals surface area contributed by atoms with Gasteiger partial charge in [-0.3, -0.25) is 4.79 Å². The van der Waals surface area contributed by atoms with Gasteiger partial charge in [0.2, 0.25) is 5.91 Å². The maximum atomic E-state index is 12.8. The third-order valence-electron chi connectivity index (χ3n) is 4.05. The molecule has 4 rings (SSSR count). The van der Waals surface area contributed by atoms with Gasteiger partial charge in [0.15, 0.2) is 5.58 Å². The summed E-state index contributed by atoms with van der Waals surface area (Å²) in [6.07, 6.45) is 0.919. The van der Waals surface area contributed by atoms with Crippen molar-refractivity contribution in [2.24, 2.45) is 0 Å². The van der Waals surface area contributed by atoms with Crippen LogP contribution >= 0.6 is 11.8 Å². The number of carbonyl (C=O) groups excluding carboxylic acids is 1. The monoisotopic (exact) mass is 324 g/mol. The van der Waals surface area contributed by atoms with Crippen LogP contribution in [0.2, 0.25) is 0 Å². The minimum Gasteiger partial charge on any atom is -0.431 e. The summed E-state index contributed by atoms with van der Waals surface area (Å²) < 4.78 is 5.70. The first-order valence-electron chi connectivity index (χ1n) is 7.64. The van der Waals surface area contributed by atoms with Crippen molar-refractivity contribution in [3.8, 4) is 0 Å². The smallest absolute Gasteiger partial charge is 0.257 e. The van der Waals surface area contributed by atoms with Crippen LogP contribution in [0.4, 0.5) is 5.69 Å². The topological polar surface area (TPSA) is 46.3 Å². The predicted octanol–water partition coefficient (Wildman–Crippen LogP) is 3.90. The molecule has 1 amide bonds. The summed E-state index contributed by atoms with van der Waals surface area (Å²) in [5.74, 6) is 0.0993. The minimum atomic E-state index is -0.241. The maximum absolute atomic E-state index is 12.8. The van der Waals surface area contributed by atoms with Crippen molar-refractivity contribution < 1.29 is 9.21 Å². The average molecular weight is 324 g/mol. The number of anilines is 1. The Bertz CT molecular complexity index is 841. The van der Waals surface area contributed by atoms with Gasteiger partial charge < -0.3 is 9.32 Å². The van der Waals surface area contributed by atoms with Crippen LogP contribution in [-0.2, 0) is 11.2 Å². The van der Waals surface area contributed by atoms with Crippen LogP contribution in [0.15, 0.2) is 58.2 Å². The summed E-state index contributed by atoms with van der Waals surface area (Å²) in [6.45, 7) is 2.65. The molecule has 0 saturated carbocycles. The zero-order valence-electron chi connectivity index (χ0n) is 12.7. The fraction of sp³-hybridized carbons (Fsp3) is 0.222. The summed E-state index contributed by atoms with van der Waals surface area (Å²) in [6, 6.07) is 15.7. The number of amides is 1. The number of fused-ring (bicyclic) bond motifs is 2. The Morgan fingerprint density at radius 3 is 2.87 bits per heavy atom. The SMILES string of the molecule is C[C@H](Sc1nc2ccccc2o1)C(=O)N1CCc2ccccc21. The van der Waals surface area contributed by atoms with E-state index in [9.17, 15) is 4.79 Å². The van der Waals surface area contributed by atoms with E-state index in [4.69, 9.17) is 4.42 Å². The lowest BCUT2D eigenvalue weighted by atomic mass is 10.2. The van der Waals surface area contributed by atoms with Crippen molar-refractivity contribution in [1.29, 1.82) is 0 Å². The van der Waals surface area contributed by atoms with E-state index < -0.39 is 0 Å². The van der Waals surface area contributed by atoms with E-state index in [1.165, 1.54) is 17.3 Å². The predicted molar refractivity (Wildman–Crippen MR) is 91.8 cm³/mol. The van der Waals surface area contributed by atoms with Crippen LogP contribution in [0.3, 0.4) is 0 Å². The summed E-state index contributed by atoms with van der Waals surface area (Å²) in [5.41, 5.74) is 3.84. The molecule has 1 aliphatic heterocycles. The maximum Gasteiger partial charge on any atom is 0.257 e. The summed E-state index contributed by atoms with van der Waals surface area (Å²) in [7, 11) is 0. The molecule has 0 unspecified atom stereocenters. The standard InChI is InChI=1S/C18H16N2O2S/c1-12(23-18-19-14-7-3-5-9-16(14)22-18)17(21)20-11-10-13-6-2-4-8-15(13)20/h2-9,12H,10-11H2,1H3/t12-/m0/s1. The highest BCUT2D eigenvalue weighted by molar-refractivity contribution is 8.00. The van der Waals surface area contributed by atoms with Crippen molar-refractivity contribution in [2.45, 2.75) is 23.8 Å². The molecule has 5 heteroatoms. The normalized spacial score (nSPS) is 14.9. The second-order valence-corrected chi connectivity index (χ2v) is 6.87. The molecule has 0 aliphatic carbocycles. The molecule has 0 fully saturated rings. The summed E-state index contributed by atoms with van der Waals surface area (Å²) >= 11 is 1.37. The molecule has 4 nitrogen and oxygen atoms in total. The number of benzene rings is 2. The Morgan fingerprint density at radius 2 is 2.00 bits per heavy atom. The van der Waals surface area contributed by atoms with E-state index in [0.29, 0.717) is 5.22 Å². The summed E-state index contributed by atoms with van der Waals surface area (Å²) in [4.78, 5) is 19.1. The van der Waals surface area contributed by atoms with Crippen LogP contribution in [0.25, 0.3) is 11.1 Å². The minimum absolute atomic E-state index is 0.0993. The largest absolute Gasteiger partial charge is 0.431 e. The lowest BCUT2D eigenvalue weighted by molar-refractivity contribution is -0.117. The van der Waals surface area contributed by atoms with E-state index in [2.05, 4.69) is 11.1 Å². The lowest BCUT2D eigenvalue weighted by Gasteiger charge is -2.20. The third-order valence-corrected chi connectivity index (χ3v) is 4.98. The highest BCUT2D eigenvalue weighted by Gasteiger charge is 2.29. The average Bonchev–Trinajstić information content (AvgIpc) is 3.17. The number of rotatable bonds is 3. The van der Waals surface area contributed by atoms with Crippen molar-refractivity contribution in [3.05, 3.63) is 54.1 Å². The number of aromatic nitrogens is 1. The molecule has 0 radical (unpaired) electrons. The van der Waals surface area contributed by atoms with E-state index >= 15 is 0 Å². The Kier molecular flexibility index (Phi) is 3.58. The fourth-order valence-corrected chi connectivity index (χ4v) is 3.71. The van der Waals surface area contributed by atoms with Gasteiger partial charge in [-0.2, -0.15) is 0 Å². The number of para-hydroxylation sites is 3. The van der Waals surface area contributed by atoms with Gasteiger partial charge in [0.25, 0.3) is 5.22 Å². The zero-order chi connectivity index (χ0) is 15.8. The van der Waals surface area contributed by atoms with E-state index in [0.717, 1.165) is 29.8 Å². The van der Waals surface area contributed by atoms with Crippen LogP contribution < -0.4 is 4.90 Å². The van der Waals surface area contributed by atoms with Crippen LogP contribution in [0.5, 0.6) is 0 Å². The van der Waals surface area contributed by atoms with Gasteiger partial charge in [-0.25, -0.2) is 4.98 Å². The molecule has 2 aromatic carbocycles. The van der Waals surface area contributed by atoms with Gasteiger partial charge in [-0.05, 0) is 37.1 Å². The van der Waals surface area contributed by atoms with Gasteiger partial charge >= 0.3 is 0 Å². The highest BCUT2D eigenvalue weighted by Crippen LogP contribution is 2.32. The quantitative estimate of drug-likeness (QED) is 0.686. The number of oxazole rings is 1. The molecule has 2 heterocycles. The number of thioether (sulfide) groups is 1. The second-order valence-electron chi connectivity index (χ2n) is 5.58. The van der Waals surface area contributed by atoms with Crippen molar-refractivity contribution >= 4 is 34.5 Å². The van der Waals surface area contributed by atoms with Crippen molar-refractivity contribution in [3.63, 3.8) is 0 Å². The molecule has 0 spiro atoms. The van der Waals surface area contributed by atoms with Gasteiger partial charge in [0.05, 0.1) is 5.25 Å². The molecule has 3 aromatic rings. The van der Waals surface area contributed by atoms with Crippen molar-refractivity contribution in [2.75, 3.05) is 11.4 Å². The lowest BCUT2D eigenvalue weighted by Crippen LogP contribution is -2.35. The molecular formula is C18H16N2O2S. The van der Waals surface area contributed by atoms with Gasteiger partial charge in [-0.15, -0.1) is 0 Å². The molecule has 0 bridgehead atoms. The zero-order valence-corrected chi connectivity index (χ0v) is 13.5. The first-order valence-corrected chi connectivity index (χ1v) is 8.52. The van der Waals surface area contributed by atoms with Gasteiger partial charge in [0.1, 0.15) is 5.52 Å². The number of hydrogen-bond donors (Lipinski definition) is 0. The Morgan fingerprint density at radius 1 is 1.22 bits per heavy atom. The highest BCUT2D eigenvalue weighted by atomic mass is 32.2. The first kappa shape index (κ1) is 14.3. The van der Waals surface area contributed by atoms with Crippen LogP contribution in [0, 0.1) is 0 Å². The first-order chi connectivity index (χ1) is 11.2. The third kappa shape index (κ3) is 2.61. The molecule has 0 saturated heterocycles. The van der Waals surface area contributed by atoms with Crippen molar-refractivity contribution in [1.82, 2.24) is 4.98 Å². The van der Waals surface area contributed by atoms with Crippen LogP contribution in [0.1, 0.15) is 12.5 Å². The molecule has 23 heavy (non-hydrogen) atoms. The Labute approximate surface area is 138 Å². The molecule has 0 N–H and O–H groups in total. The van der Waals surface area contributed by atoms with E-state index in [-0.39, 0.29) is 11.2 Å². The number of nitrogens with zero attached hydrogens (tertiary/aromatic N) is 2. The molecular weight excluding hydrogens is 308 g/mol. The van der Waals surface area contributed by atoms with Gasteiger partial charge in [-0.1, -0.05) is 42.1 Å². The molecule has 116 valence electrons. The number of hydrogen-bond acceptors (Lipinski definition) is 4. The number of carbonyl (C=O) groups is 1. The Balaban J connectivity index is 1.53. The molecule has 1 atom stereocenters. The second kappa shape index (κ2) is 5.74.